The summed E-state index contributed by atoms with van der Waals surface area (Å²) in [6.07, 6.45) is 4.56. The summed E-state index contributed by atoms with van der Waals surface area (Å²) in [4.78, 5) is 21.3. The lowest BCUT2D eigenvalue weighted by atomic mass is 10.2. The maximum atomic E-state index is 12.5. The lowest BCUT2D eigenvalue weighted by Crippen LogP contribution is -2.37. The molecule has 0 bridgehead atoms. The zero-order valence-corrected chi connectivity index (χ0v) is 13.7. The summed E-state index contributed by atoms with van der Waals surface area (Å²) in [5.74, 6) is 1.69. The molecular formula is C15H25ClN4O. The molecule has 0 unspecified atom stereocenters. The molecule has 1 aromatic rings. The van der Waals surface area contributed by atoms with E-state index in [1.165, 1.54) is 0 Å². The monoisotopic (exact) mass is 312 g/mol. The number of alkyl halides is 1. The zero-order chi connectivity index (χ0) is 15.2. The number of hydrogen-bond acceptors (Lipinski definition) is 4. The number of aromatic nitrogens is 2. The Morgan fingerprint density at radius 2 is 2.10 bits per heavy atom. The molecule has 0 spiro atoms. The van der Waals surface area contributed by atoms with Crippen molar-refractivity contribution in [2.24, 2.45) is 5.92 Å². The van der Waals surface area contributed by atoms with Crippen molar-refractivity contribution < 1.29 is 0 Å². The molecule has 0 radical (unpaired) electrons. The Labute approximate surface area is 131 Å². The van der Waals surface area contributed by atoms with Gasteiger partial charge in [-0.2, -0.15) is 0 Å². The molecule has 1 saturated heterocycles. The van der Waals surface area contributed by atoms with Crippen molar-refractivity contribution in [2.75, 3.05) is 43.5 Å². The summed E-state index contributed by atoms with van der Waals surface area (Å²) in [6, 6.07) is 0. The maximum absolute atomic E-state index is 12.5. The van der Waals surface area contributed by atoms with Crippen LogP contribution < -0.4 is 10.5 Å². The second kappa shape index (κ2) is 7.80. The third-order valence-electron chi connectivity index (χ3n) is 3.75. The molecule has 0 amide bonds. The minimum absolute atomic E-state index is 0.0250. The lowest BCUT2D eigenvalue weighted by molar-refractivity contribution is 0.311. The van der Waals surface area contributed by atoms with E-state index in [9.17, 15) is 4.79 Å². The van der Waals surface area contributed by atoms with Crippen LogP contribution in [0.15, 0.2) is 17.2 Å². The van der Waals surface area contributed by atoms with Crippen LogP contribution in [0.25, 0.3) is 0 Å². The molecule has 0 N–H and O–H groups in total. The Morgan fingerprint density at radius 3 is 2.81 bits per heavy atom. The molecule has 21 heavy (non-hydrogen) atoms. The predicted octanol–water partition coefficient (Wildman–Crippen LogP) is 1.65. The molecule has 118 valence electrons. The van der Waals surface area contributed by atoms with E-state index in [4.69, 9.17) is 11.6 Å². The van der Waals surface area contributed by atoms with Crippen LogP contribution in [-0.2, 0) is 6.54 Å². The van der Waals surface area contributed by atoms with E-state index in [1.54, 1.807) is 17.0 Å². The summed E-state index contributed by atoms with van der Waals surface area (Å²) in [7, 11) is 0. The Morgan fingerprint density at radius 1 is 1.29 bits per heavy atom. The van der Waals surface area contributed by atoms with Crippen LogP contribution in [0.4, 0.5) is 5.82 Å². The van der Waals surface area contributed by atoms with Crippen LogP contribution in [0.3, 0.4) is 0 Å². The van der Waals surface area contributed by atoms with Crippen LogP contribution in [0.5, 0.6) is 0 Å². The van der Waals surface area contributed by atoms with Crippen molar-refractivity contribution in [1.29, 1.82) is 0 Å². The highest BCUT2D eigenvalue weighted by atomic mass is 35.5. The van der Waals surface area contributed by atoms with Crippen molar-refractivity contribution in [3.8, 4) is 0 Å². The van der Waals surface area contributed by atoms with Gasteiger partial charge in [-0.15, -0.1) is 11.6 Å². The zero-order valence-electron chi connectivity index (χ0n) is 13.0. The smallest absolute Gasteiger partial charge is 0.293 e. The summed E-state index contributed by atoms with van der Waals surface area (Å²) in [5.41, 5.74) is 0.0250. The van der Waals surface area contributed by atoms with E-state index in [0.29, 0.717) is 17.6 Å². The van der Waals surface area contributed by atoms with Crippen molar-refractivity contribution in [3.63, 3.8) is 0 Å². The van der Waals surface area contributed by atoms with Gasteiger partial charge in [0.2, 0.25) is 0 Å². The molecule has 1 aliphatic rings. The molecule has 0 atom stereocenters. The van der Waals surface area contributed by atoms with Gasteiger partial charge < -0.3 is 14.4 Å². The van der Waals surface area contributed by atoms with E-state index >= 15 is 0 Å². The van der Waals surface area contributed by atoms with Gasteiger partial charge in [-0.25, -0.2) is 4.98 Å². The van der Waals surface area contributed by atoms with Crippen molar-refractivity contribution in [2.45, 2.75) is 26.8 Å². The molecule has 1 aliphatic heterocycles. The minimum Gasteiger partial charge on any atom is -0.351 e. The molecule has 1 fully saturated rings. The first-order chi connectivity index (χ1) is 10.1. The Hall–Kier alpha value is -1.07. The summed E-state index contributed by atoms with van der Waals surface area (Å²) >= 11 is 5.82. The Balaban J connectivity index is 2.12. The molecule has 0 saturated carbocycles. The van der Waals surface area contributed by atoms with Gasteiger partial charge >= 0.3 is 0 Å². The van der Waals surface area contributed by atoms with Crippen molar-refractivity contribution in [1.82, 2.24) is 14.5 Å². The van der Waals surface area contributed by atoms with Crippen molar-refractivity contribution in [3.05, 3.63) is 22.7 Å². The Kier molecular flexibility index (Phi) is 6.06. The second-order valence-electron chi connectivity index (χ2n) is 5.97. The number of anilines is 1. The number of hydrogen-bond donors (Lipinski definition) is 0. The topological polar surface area (TPSA) is 41.4 Å². The first kappa shape index (κ1) is 16.3. The SMILES string of the molecule is CC(C)Cn1ccnc(N2CCCN(CCCl)CC2)c1=O. The van der Waals surface area contributed by atoms with E-state index < -0.39 is 0 Å². The van der Waals surface area contributed by atoms with Gasteiger partial charge in [0.1, 0.15) is 0 Å². The molecule has 1 aromatic heterocycles. The third-order valence-corrected chi connectivity index (χ3v) is 3.92. The highest BCUT2D eigenvalue weighted by molar-refractivity contribution is 6.18. The van der Waals surface area contributed by atoms with E-state index in [0.717, 1.165) is 45.7 Å². The Bertz CT molecular complexity index is 503. The van der Waals surface area contributed by atoms with Gasteiger partial charge in [0, 0.05) is 51.0 Å². The minimum atomic E-state index is 0.0250. The van der Waals surface area contributed by atoms with Crippen LogP contribution in [0.2, 0.25) is 0 Å². The highest BCUT2D eigenvalue weighted by Crippen LogP contribution is 2.10. The quantitative estimate of drug-likeness (QED) is 0.775. The van der Waals surface area contributed by atoms with Gasteiger partial charge in [0.25, 0.3) is 5.56 Å². The number of nitrogens with zero attached hydrogens (tertiary/aromatic N) is 4. The molecular weight excluding hydrogens is 288 g/mol. The van der Waals surface area contributed by atoms with Gasteiger partial charge in [0.15, 0.2) is 5.82 Å². The molecule has 6 heteroatoms. The fourth-order valence-electron chi connectivity index (χ4n) is 2.72. The fourth-order valence-corrected chi connectivity index (χ4v) is 2.95. The van der Waals surface area contributed by atoms with E-state index in [-0.39, 0.29) is 5.56 Å². The first-order valence-corrected chi connectivity index (χ1v) is 8.24. The number of halogens is 1. The molecule has 0 aliphatic carbocycles. The van der Waals surface area contributed by atoms with Crippen LogP contribution >= 0.6 is 11.6 Å². The predicted molar refractivity (Wildman–Crippen MR) is 87.3 cm³/mol. The average molecular weight is 313 g/mol. The average Bonchev–Trinajstić information content (AvgIpc) is 2.67. The fraction of sp³-hybridized carbons (Fsp3) is 0.733. The summed E-state index contributed by atoms with van der Waals surface area (Å²) in [5, 5.41) is 0. The maximum Gasteiger partial charge on any atom is 0.293 e. The molecule has 0 aromatic carbocycles. The second-order valence-corrected chi connectivity index (χ2v) is 6.35. The standard InChI is InChI=1S/C15H25ClN4O/c1-13(2)12-20-9-5-17-14(15(20)21)19-7-3-6-18(8-4-16)10-11-19/h5,9,13H,3-4,6-8,10-12H2,1-2H3. The van der Waals surface area contributed by atoms with Crippen LogP contribution in [-0.4, -0.2) is 53.1 Å². The van der Waals surface area contributed by atoms with Gasteiger partial charge in [-0.3, -0.25) is 4.79 Å². The van der Waals surface area contributed by atoms with Gasteiger partial charge in [-0.05, 0) is 18.9 Å². The van der Waals surface area contributed by atoms with Crippen LogP contribution in [0.1, 0.15) is 20.3 Å². The largest absolute Gasteiger partial charge is 0.351 e. The van der Waals surface area contributed by atoms with Crippen LogP contribution in [0, 0.1) is 5.92 Å². The van der Waals surface area contributed by atoms with E-state index in [2.05, 4.69) is 28.6 Å². The summed E-state index contributed by atoms with van der Waals surface area (Å²) in [6.45, 7) is 9.57. The first-order valence-electron chi connectivity index (χ1n) is 7.70. The third kappa shape index (κ3) is 4.45. The highest BCUT2D eigenvalue weighted by Gasteiger charge is 2.18. The van der Waals surface area contributed by atoms with Gasteiger partial charge in [-0.1, -0.05) is 13.8 Å². The molecule has 2 heterocycles. The summed E-state index contributed by atoms with van der Waals surface area (Å²) < 4.78 is 1.77. The number of rotatable bonds is 5. The van der Waals surface area contributed by atoms with Gasteiger partial charge in [0.05, 0.1) is 0 Å². The molecule has 5 nitrogen and oxygen atoms in total. The van der Waals surface area contributed by atoms with Crippen molar-refractivity contribution >= 4 is 17.4 Å². The normalized spacial score (nSPS) is 17.2. The molecule has 2 rings (SSSR count). The van der Waals surface area contributed by atoms with E-state index in [1.807, 2.05) is 0 Å². The lowest BCUT2D eigenvalue weighted by Gasteiger charge is -2.22.